The second-order valence-electron chi connectivity index (χ2n) is 5.28. The standard InChI is InChI=1S/C16H27NO10/c18-13(11-26-12-15(21)22)17-5-6-24-7-8-25-9-10-27-16(23)4-2-1-3-14(19)20/h1-12H2,(H,17,18)(H,19,20)(H,21,22). The van der Waals surface area contributed by atoms with Crippen LogP contribution in [0, 0.1) is 0 Å². The van der Waals surface area contributed by atoms with Crippen LogP contribution >= 0.6 is 0 Å². The monoisotopic (exact) mass is 393 g/mol. The quantitative estimate of drug-likeness (QED) is 0.203. The molecule has 1 amide bonds. The summed E-state index contributed by atoms with van der Waals surface area (Å²) < 4.78 is 19.9. The van der Waals surface area contributed by atoms with Gasteiger partial charge >= 0.3 is 17.9 Å². The highest BCUT2D eigenvalue weighted by molar-refractivity contribution is 5.77. The van der Waals surface area contributed by atoms with Gasteiger partial charge in [0.15, 0.2) is 0 Å². The molecule has 0 atom stereocenters. The van der Waals surface area contributed by atoms with Crippen molar-refractivity contribution in [3.63, 3.8) is 0 Å². The molecule has 0 aromatic heterocycles. The van der Waals surface area contributed by atoms with Gasteiger partial charge in [-0.05, 0) is 12.8 Å². The van der Waals surface area contributed by atoms with Gasteiger partial charge in [-0.2, -0.15) is 0 Å². The maximum absolute atomic E-state index is 11.3. The molecule has 27 heavy (non-hydrogen) atoms. The fourth-order valence-electron chi connectivity index (χ4n) is 1.70. The Bertz CT molecular complexity index is 454. The Hall–Kier alpha value is -2.24. The number of nitrogens with one attached hydrogen (secondary N) is 1. The van der Waals surface area contributed by atoms with Crippen LogP contribution in [0.15, 0.2) is 0 Å². The zero-order chi connectivity index (χ0) is 20.3. The summed E-state index contributed by atoms with van der Waals surface area (Å²) in [6, 6.07) is 0. The van der Waals surface area contributed by atoms with E-state index in [0.717, 1.165) is 0 Å². The van der Waals surface area contributed by atoms with Gasteiger partial charge in [0, 0.05) is 19.4 Å². The number of carboxylic acid groups (broad SMARTS) is 2. The van der Waals surface area contributed by atoms with Crippen molar-refractivity contribution in [2.75, 3.05) is 52.8 Å². The van der Waals surface area contributed by atoms with Gasteiger partial charge < -0.3 is 34.5 Å². The van der Waals surface area contributed by atoms with Crippen molar-refractivity contribution >= 4 is 23.8 Å². The SMILES string of the molecule is O=C(O)CCCCC(=O)OCCOCCOCCNC(=O)COCC(=O)O. The molecule has 0 unspecified atom stereocenters. The summed E-state index contributed by atoms with van der Waals surface area (Å²) in [7, 11) is 0. The number of carboxylic acids is 2. The third-order valence-electron chi connectivity index (χ3n) is 2.91. The van der Waals surface area contributed by atoms with Crippen molar-refractivity contribution in [2.45, 2.75) is 25.7 Å². The van der Waals surface area contributed by atoms with E-state index in [1.807, 2.05) is 0 Å². The zero-order valence-corrected chi connectivity index (χ0v) is 15.1. The number of unbranched alkanes of at least 4 members (excludes halogenated alkanes) is 1. The molecule has 0 aromatic rings. The maximum atomic E-state index is 11.3. The number of aliphatic carboxylic acids is 2. The van der Waals surface area contributed by atoms with Crippen LogP contribution in [0.5, 0.6) is 0 Å². The minimum Gasteiger partial charge on any atom is -0.481 e. The van der Waals surface area contributed by atoms with E-state index >= 15 is 0 Å². The Labute approximate surface area is 156 Å². The number of carbonyl (C=O) groups excluding carboxylic acids is 2. The fraction of sp³-hybridized carbons (Fsp3) is 0.750. The fourth-order valence-corrected chi connectivity index (χ4v) is 1.70. The lowest BCUT2D eigenvalue weighted by molar-refractivity contribution is -0.146. The van der Waals surface area contributed by atoms with Crippen LogP contribution in [-0.2, 0) is 38.1 Å². The van der Waals surface area contributed by atoms with Gasteiger partial charge in [-0.15, -0.1) is 0 Å². The van der Waals surface area contributed by atoms with Gasteiger partial charge in [0.1, 0.15) is 19.8 Å². The van der Waals surface area contributed by atoms with Crippen molar-refractivity contribution < 1.29 is 48.3 Å². The molecule has 0 spiro atoms. The van der Waals surface area contributed by atoms with Crippen LogP contribution in [0.1, 0.15) is 25.7 Å². The molecule has 156 valence electrons. The van der Waals surface area contributed by atoms with E-state index in [-0.39, 0.29) is 51.8 Å². The summed E-state index contributed by atoms with van der Waals surface area (Å²) in [5, 5.41) is 19.3. The first-order valence-corrected chi connectivity index (χ1v) is 8.51. The van der Waals surface area contributed by atoms with E-state index in [1.165, 1.54) is 0 Å². The maximum Gasteiger partial charge on any atom is 0.329 e. The topological polar surface area (TPSA) is 158 Å². The number of ether oxygens (including phenoxy) is 4. The Balaban J connectivity index is 3.28. The van der Waals surface area contributed by atoms with Crippen molar-refractivity contribution in [3.8, 4) is 0 Å². The first-order valence-electron chi connectivity index (χ1n) is 8.51. The molecule has 3 N–H and O–H groups in total. The number of carbonyl (C=O) groups is 4. The second-order valence-corrected chi connectivity index (χ2v) is 5.28. The van der Waals surface area contributed by atoms with Crippen molar-refractivity contribution in [2.24, 2.45) is 0 Å². The third kappa shape index (κ3) is 19.9. The van der Waals surface area contributed by atoms with E-state index in [4.69, 9.17) is 24.4 Å². The second kappa shape index (κ2) is 17.2. The van der Waals surface area contributed by atoms with Crippen molar-refractivity contribution in [3.05, 3.63) is 0 Å². The van der Waals surface area contributed by atoms with Gasteiger partial charge in [-0.25, -0.2) is 4.79 Å². The minimum absolute atomic E-state index is 0.0403. The van der Waals surface area contributed by atoms with Crippen LogP contribution in [-0.4, -0.2) is 86.8 Å². The number of esters is 1. The number of hydrogen-bond acceptors (Lipinski definition) is 8. The summed E-state index contributed by atoms with van der Waals surface area (Å²) in [6.45, 7) is 0.607. The molecule has 0 saturated carbocycles. The first-order chi connectivity index (χ1) is 12.9. The van der Waals surface area contributed by atoms with E-state index in [0.29, 0.717) is 26.1 Å². The number of amides is 1. The van der Waals surface area contributed by atoms with Crippen molar-refractivity contribution in [1.82, 2.24) is 5.32 Å². The van der Waals surface area contributed by atoms with Crippen LogP contribution in [0.2, 0.25) is 0 Å². The average molecular weight is 393 g/mol. The van der Waals surface area contributed by atoms with E-state index in [2.05, 4.69) is 10.1 Å². The van der Waals surface area contributed by atoms with Gasteiger partial charge in [-0.1, -0.05) is 0 Å². The molecular formula is C16H27NO10. The first kappa shape index (κ1) is 24.8. The van der Waals surface area contributed by atoms with E-state index in [1.54, 1.807) is 0 Å². The molecule has 11 nitrogen and oxygen atoms in total. The average Bonchev–Trinajstić information content (AvgIpc) is 2.59. The Morgan fingerprint density at radius 3 is 2.00 bits per heavy atom. The van der Waals surface area contributed by atoms with Gasteiger partial charge in [0.2, 0.25) is 5.91 Å². The number of rotatable bonds is 18. The molecule has 0 bridgehead atoms. The van der Waals surface area contributed by atoms with Crippen molar-refractivity contribution in [1.29, 1.82) is 0 Å². The molecule has 0 aliphatic rings. The Morgan fingerprint density at radius 1 is 0.704 bits per heavy atom. The zero-order valence-electron chi connectivity index (χ0n) is 15.1. The molecule has 0 aliphatic carbocycles. The molecule has 0 saturated heterocycles. The Morgan fingerprint density at radius 2 is 1.33 bits per heavy atom. The van der Waals surface area contributed by atoms with E-state index < -0.39 is 24.5 Å². The lowest BCUT2D eigenvalue weighted by atomic mass is 10.2. The predicted molar refractivity (Wildman–Crippen MR) is 90.2 cm³/mol. The van der Waals surface area contributed by atoms with Gasteiger partial charge in [0.25, 0.3) is 0 Å². The molecular weight excluding hydrogens is 366 g/mol. The lowest BCUT2D eigenvalue weighted by Crippen LogP contribution is -2.31. The van der Waals surface area contributed by atoms with Crippen LogP contribution in [0.4, 0.5) is 0 Å². The van der Waals surface area contributed by atoms with Gasteiger partial charge in [-0.3, -0.25) is 14.4 Å². The summed E-state index contributed by atoms with van der Waals surface area (Å²) in [5.41, 5.74) is 0. The molecule has 0 fully saturated rings. The number of hydrogen-bond donors (Lipinski definition) is 3. The third-order valence-corrected chi connectivity index (χ3v) is 2.91. The Kier molecular flexibility index (Phi) is 15.8. The van der Waals surface area contributed by atoms with E-state index in [9.17, 15) is 19.2 Å². The molecule has 0 rings (SSSR count). The lowest BCUT2D eigenvalue weighted by Gasteiger charge is -2.08. The largest absolute Gasteiger partial charge is 0.481 e. The van der Waals surface area contributed by atoms with Crippen LogP contribution in [0.3, 0.4) is 0 Å². The van der Waals surface area contributed by atoms with Crippen LogP contribution < -0.4 is 5.32 Å². The highest BCUT2D eigenvalue weighted by Crippen LogP contribution is 2.01. The minimum atomic E-state index is -1.14. The highest BCUT2D eigenvalue weighted by Gasteiger charge is 2.04. The molecule has 11 heteroatoms. The summed E-state index contributed by atoms with van der Waals surface area (Å²) in [6.07, 6.45) is 1.14. The smallest absolute Gasteiger partial charge is 0.329 e. The molecule has 0 radical (unpaired) electrons. The molecule has 0 heterocycles. The normalized spacial score (nSPS) is 10.4. The molecule has 0 aliphatic heterocycles. The van der Waals surface area contributed by atoms with Crippen LogP contribution in [0.25, 0.3) is 0 Å². The predicted octanol–water partition coefficient (Wildman–Crippen LogP) is -0.575. The molecule has 0 aromatic carbocycles. The highest BCUT2D eigenvalue weighted by atomic mass is 16.6. The summed E-state index contributed by atoms with van der Waals surface area (Å²) >= 11 is 0. The van der Waals surface area contributed by atoms with Gasteiger partial charge in [0.05, 0.1) is 26.4 Å². The summed E-state index contributed by atoms with van der Waals surface area (Å²) in [5.74, 6) is -2.84. The summed E-state index contributed by atoms with van der Waals surface area (Å²) in [4.78, 5) is 43.0.